The van der Waals surface area contributed by atoms with Gasteiger partial charge < -0.3 is 10.0 Å². The Kier molecular flexibility index (Phi) is 3.82. The van der Waals surface area contributed by atoms with Crippen molar-refractivity contribution >= 4 is 5.91 Å². The molecule has 0 spiro atoms. The first kappa shape index (κ1) is 11.9. The van der Waals surface area contributed by atoms with Crippen molar-refractivity contribution in [2.75, 3.05) is 33.2 Å². The van der Waals surface area contributed by atoms with E-state index in [1.54, 1.807) is 0 Å². The zero-order valence-corrected chi connectivity index (χ0v) is 10.1. The number of likely N-dealkylation sites (N-methyl/N-ethyl adjacent to an activating group) is 1. The number of likely N-dealkylation sites (tertiary alicyclic amines) is 1. The second-order valence-corrected chi connectivity index (χ2v) is 5.19. The second kappa shape index (κ2) is 5.15. The van der Waals surface area contributed by atoms with Crippen LogP contribution in [0.2, 0.25) is 0 Å². The molecule has 4 heteroatoms. The molecular formula is C12H22N2O2. The number of hydrogen-bond acceptors (Lipinski definition) is 3. The second-order valence-electron chi connectivity index (χ2n) is 5.19. The van der Waals surface area contributed by atoms with Gasteiger partial charge >= 0.3 is 0 Å². The standard InChI is InChI=1S/C12H22N2O2/c1-13(8-11(15)10-4-5-10)9-12(16)14-6-2-3-7-14/h10-11,15H,2-9H2,1H3. The molecule has 1 unspecified atom stereocenters. The summed E-state index contributed by atoms with van der Waals surface area (Å²) in [6, 6.07) is 0. The van der Waals surface area contributed by atoms with Crippen LogP contribution >= 0.6 is 0 Å². The first-order chi connectivity index (χ1) is 7.66. The summed E-state index contributed by atoms with van der Waals surface area (Å²) in [5.41, 5.74) is 0. The van der Waals surface area contributed by atoms with Gasteiger partial charge in [-0.25, -0.2) is 0 Å². The fourth-order valence-corrected chi connectivity index (χ4v) is 2.31. The Hall–Kier alpha value is -0.610. The van der Waals surface area contributed by atoms with E-state index >= 15 is 0 Å². The number of nitrogens with zero attached hydrogens (tertiary/aromatic N) is 2. The Bertz CT molecular complexity index is 247. The van der Waals surface area contributed by atoms with Crippen LogP contribution in [0.3, 0.4) is 0 Å². The fraction of sp³-hybridized carbons (Fsp3) is 0.917. The van der Waals surface area contributed by atoms with Crippen molar-refractivity contribution in [2.45, 2.75) is 31.8 Å². The van der Waals surface area contributed by atoms with E-state index in [1.165, 1.54) is 0 Å². The Balaban J connectivity index is 1.68. The third kappa shape index (κ3) is 3.19. The molecule has 1 atom stereocenters. The van der Waals surface area contributed by atoms with E-state index in [9.17, 15) is 9.90 Å². The lowest BCUT2D eigenvalue weighted by Gasteiger charge is -2.23. The minimum absolute atomic E-state index is 0.211. The number of aliphatic hydroxyl groups excluding tert-OH is 1. The van der Waals surface area contributed by atoms with E-state index in [1.807, 2.05) is 16.8 Å². The maximum Gasteiger partial charge on any atom is 0.236 e. The van der Waals surface area contributed by atoms with Crippen LogP contribution in [0.4, 0.5) is 0 Å². The van der Waals surface area contributed by atoms with Crippen LogP contribution in [0.15, 0.2) is 0 Å². The maximum absolute atomic E-state index is 11.8. The molecule has 4 nitrogen and oxygen atoms in total. The van der Waals surface area contributed by atoms with Gasteiger partial charge in [0.1, 0.15) is 0 Å². The molecule has 1 heterocycles. The third-order valence-electron chi connectivity index (χ3n) is 3.53. The molecule has 2 rings (SSSR count). The van der Waals surface area contributed by atoms with Crippen LogP contribution in [-0.4, -0.2) is 60.1 Å². The van der Waals surface area contributed by atoms with E-state index in [4.69, 9.17) is 0 Å². The van der Waals surface area contributed by atoms with Crippen molar-refractivity contribution in [3.8, 4) is 0 Å². The largest absolute Gasteiger partial charge is 0.392 e. The van der Waals surface area contributed by atoms with Gasteiger partial charge in [0, 0.05) is 19.6 Å². The van der Waals surface area contributed by atoms with Crippen LogP contribution in [-0.2, 0) is 4.79 Å². The van der Waals surface area contributed by atoms with Crippen LogP contribution in [0.25, 0.3) is 0 Å². The molecule has 2 fully saturated rings. The highest BCUT2D eigenvalue weighted by molar-refractivity contribution is 5.78. The molecule has 1 saturated carbocycles. The maximum atomic E-state index is 11.8. The summed E-state index contributed by atoms with van der Waals surface area (Å²) in [4.78, 5) is 15.7. The number of rotatable bonds is 5. The van der Waals surface area contributed by atoms with Crippen molar-refractivity contribution in [3.05, 3.63) is 0 Å². The Morgan fingerprint density at radius 3 is 2.62 bits per heavy atom. The molecule has 0 bridgehead atoms. The van der Waals surface area contributed by atoms with Gasteiger partial charge in [-0.05, 0) is 38.6 Å². The zero-order valence-electron chi connectivity index (χ0n) is 10.1. The monoisotopic (exact) mass is 226 g/mol. The zero-order chi connectivity index (χ0) is 11.5. The summed E-state index contributed by atoms with van der Waals surface area (Å²) < 4.78 is 0. The SMILES string of the molecule is CN(CC(=O)N1CCCC1)CC(O)C1CC1. The van der Waals surface area contributed by atoms with Crippen LogP contribution in [0.1, 0.15) is 25.7 Å². The quantitative estimate of drug-likeness (QED) is 0.734. The molecule has 2 aliphatic rings. The van der Waals surface area contributed by atoms with E-state index in [0.29, 0.717) is 19.0 Å². The van der Waals surface area contributed by atoms with Crippen molar-refractivity contribution in [1.29, 1.82) is 0 Å². The van der Waals surface area contributed by atoms with Gasteiger partial charge in [-0.1, -0.05) is 0 Å². The number of aliphatic hydroxyl groups is 1. The first-order valence-corrected chi connectivity index (χ1v) is 6.31. The average Bonchev–Trinajstić information content (AvgIpc) is 2.93. The molecular weight excluding hydrogens is 204 g/mol. The van der Waals surface area contributed by atoms with Gasteiger partial charge in [-0.15, -0.1) is 0 Å². The lowest BCUT2D eigenvalue weighted by Crippen LogP contribution is -2.40. The highest BCUT2D eigenvalue weighted by Gasteiger charge is 2.30. The minimum atomic E-state index is -0.239. The molecule has 1 aliphatic heterocycles. The predicted octanol–water partition coefficient (Wildman–Crippen LogP) is 0.311. The summed E-state index contributed by atoms with van der Waals surface area (Å²) in [7, 11) is 1.92. The van der Waals surface area contributed by atoms with Gasteiger partial charge in [0.15, 0.2) is 0 Å². The number of carbonyl (C=O) groups is 1. The van der Waals surface area contributed by atoms with Crippen LogP contribution < -0.4 is 0 Å². The molecule has 0 aromatic rings. The molecule has 0 radical (unpaired) electrons. The Morgan fingerprint density at radius 2 is 2.06 bits per heavy atom. The van der Waals surface area contributed by atoms with Crippen LogP contribution in [0.5, 0.6) is 0 Å². The normalized spacial score (nSPS) is 22.8. The number of hydrogen-bond donors (Lipinski definition) is 1. The molecule has 1 aliphatic carbocycles. The van der Waals surface area contributed by atoms with Crippen molar-refractivity contribution in [2.24, 2.45) is 5.92 Å². The minimum Gasteiger partial charge on any atom is -0.392 e. The van der Waals surface area contributed by atoms with Crippen molar-refractivity contribution in [3.63, 3.8) is 0 Å². The van der Waals surface area contributed by atoms with E-state index in [-0.39, 0.29) is 12.0 Å². The third-order valence-corrected chi connectivity index (χ3v) is 3.53. The fourth-order valence-electron chi connectivity index (χ4n) is 2.31. The lowest BCUT2D eigenvalue weighted by molar-refractivity contribution is -0.131. The van der Waals surface area contributed by atoms with E-state index < -0.39 is 0 Å². The van der Waals surface area contributed by atoms with E-state index in [2.05, 4.69) is 0 Å². The molecule has 1 saturated heterocycles. The Labute approximate surface area is 97.2 Å². The summed E-state index contributed by atoms with van der Waals surface area (Å²) in [6.07, 6.45) is 4.33. The van der Waals surface area contributed by atoms with Gasteiger partial charge in [0.05, 0.1) is 12.6 Å². The first-order valence-electron chi connectivity index (χ1n) is 6.31. The highest BCUT2D eigenvalue weighted by Crippen LogP contribution is 2.32. The van der Waals surface area contributed by atoms with E-state index in [0.717, 1.165) is 38.8 Å². The summed E-state index contributed by atoms with van der Waals surface area (Å²) in [5, 5.41) is 9.77. The summed E-state index contributed by atoms with van der Waals surface area (Å²) in [5.74, 6) is 0.701. The van der Waals surface area contributed by atoms with Crippen molar-refractivity contribution in [1.82, 2.24) is 9.80 Å². The topological polar surface area (TPSA) is 43.8 Å². The average molecular weight is 226 g/mol. The lowest BCUT2D eigenvalue weighted by atomic mass is 10.2. The van der Waals surface area contributed by atoms with Gasteiger partial charge in [-0.2, -0.15) is 0 Å². The van der Waals surface area contributed by atoms with Crippen molar-refractivity contribution < 1.29 is 9.90 Å². The number of amides is 1. The molecule has 16 heavy (non-hydrogen) atoms. The molecule has 0 aromatic heterocycles. The molecule has 92 valence electrons. The molecule has 1 N–H and O–H groups in total. The number of carbonyl (C=O) groups excluding carboxylic acids is 1. The molecule has 1 amide bonds. The van der Waals surface area contributed by atoms with Gasteiger partial charge in [0.25, 0.3) is 0 Å². The predicted molar refractivity (Wildman–Crippen MR) is 62.0 cm³/mol. The Morgan fingerprint density at radius 1 is 1.44 bits per heavy atom. The summed E-state index contributed by atoms with van der Waals surface area (Å²) in [6.45, 7) is 2.91. The summed E-state index contributed by atoms with van der Waals surface area (Å²) >= 11 is 0. The molecule has 0 aromatic carbocycles. The highest BCUT2D eigenvalue weighted by atomic mass is 16.3. The van der Waals surface area contributed by atoms with Crippen LogP contribution in [0, 0.1) is 5.92 Å². The smallest absolute Gasteiger partial charge is 0.236 e. The van der Waals surface area contributed by atoms with Gasteiger partial charge in [0.2, 0.25) is 5.91 Å². The van der Waals surface area contributed by atoms with Gasteiger partial charge in [-0.3, -0.25) is 9.69 Å².